The van der Waals surface area contributed by atoms with Crippen LogP contribution in [0.25, 0.3) is 0 Å². The number of ketones is 1. The van der Waals surface area contributed by atoms with Crippen molar-refractivity contribution in [3.63, 3.8) is 0 Å². The second-order valence-corrected chi connectivity index (χ2v) is 17.0. The summed E-state index contributed by atoms with van der Waals surface area (Å²) in [5.74, 6) is 0.0108. The Morgan fingerprint density at radius 3 is 2.50 bits per heavy atom. The van der Waals surface area contributed by atoms with Gasteiger partial charge < -0.3 is 9.53 Å². The predicted octanol–water partition coefficient (Wildman–Crippen LogP) is 8.09. The van der Waals surface area contributed by atoms with Gasteiger partial charge in [0.15, 0.2) is 8.32 Å². The fourth-order valence-corrected chi connectivity index (χ4v) is 6.81. The van der Waals surface area contributed by atoms with Crippen LogP contribution < -0.4 is 0 Å². The van der Waals surface area contributed by atoms with E-state index in [9.17, 15) is 9.59 Å². The Morgan fingerprint density at radius 1 is 1.24 bits per heavy atom. The number of carbonyl (C=O) groups excluding carboxylic acids is 1. The maximum absolute atomic E-state index is 12.5. The molecule has 0 bridgehead atoms. The first-order valence-corrected chi connectivity index (χ1v) is 16.6. The van der Waals surface area contributed by atoms with E-state index in [1.54, 1.807) is 0 Å². The van der Waals surface area contributed by atoms with Crippen LogP contribution >= 0.6 is 0 Å². The average molecular weight is 491 g/mol. The molecule has 0 aliphatic heterocycles. The molecule has 2 fully saturated rings. The van der Waals surface area contributed by atoms with Gasteiger partial charge in [0.25, 0.3) is 0 Å². The summed E-state index contributed by atoms with van der Waals surface area (Å²) in [6.45, 7) is 14.0. The fraction of sp³-hybridized carbons (Fsp3) is 0.793. The minimum absolute atomic E-state index is 0.0695. The number of Topliss-reactive ketones (excluding diaryl/α,β-unsaturated/α-hetero) is 1. The molecule has 0 spiro atoms. The first kappa shape index (κ1) is 29.0. The summed E-state index contributed by atoms with van der Waals surface area (Å²) in [6.07, 6.45) is 20.4. The van der Waals surface area contributed by atoms with Gasteiger partial charge in [0.2, 0.25) is 0 Å². The minimum Gasteiger partial charge on any atom is -0.481 e. The smallest absolute Gasteiger partial charge is 0.303 e. The van der Waals surface area contributed by atoms with Crippen LogP contribution in [0.5, 0.6) is 0 Å². The number of allylic oxidation sites excluding steroid dienone is 3. The highest BCUT2D eigenvalue weighted by molar-refractivity contribution is 6.74. The van der Waals surface area contributed by atoms with Gasteiger partial charge in [-0.1, -0.05) is 64.8 Å². The van der Waals surface area contributed by atoms with E-state index in [0.717, 1.165) is 25.7 Å². The normalized spacial score (nSPS) is 24.1. The zero-order chi connectivity index (χ0) is 25.4. The van der Waals surface area contributed by atoms with Crippen molar-refractivity contribution in [2.45, 2.75) is 129 Å². The maximum atomic E-state index is 12.5. The molecular formula is C29H50O4Si. The molecule has 1 unspecified atom stereocenters. The molecule has 0 saturated heterocycles. The van der Waals surface area contributed by atoms with Gasteiger partial charge >= 0.3 is 5.97 Å². The van der Waals surface area contributed by atoms with Gasteiger partial charge in [0.1, 0.15) is 5.78 Å². The van der Waals surface area contributed by atoms with E-state index < -0.39 is 14.3 Å². The van der Waals surface area contributed by atoms with Crippen LogP contribution in [0.1, 0.15) is 105 Å². The monoisotopic (exact) mass is 490 g/mol. The van der Waals surface area contributed by atoms with Crippen LogP contribution in [0.2, 0.25) is 18.1 Å². The fourth-order valence-electron chi connectivity index (χ4n) is 5.40. The Bertz CT molecular complexity index is 727. The van der Waals surface area contributed by atoms with Crippen molar-refractivity contribution >= 4 is 20.1 Å². The highest BCUT2D eigenvalue weighted by atomic mass is 28.4. The van der Waals surface area contributed by atoms with Crippen molar-refractivity contribution in [3.05, 3.63) is 24.3 Å². The zero-order valence-corrected chi connectivity index (χ0v) is 23.7. The second-order valence-electron chi connectivity index (χ2n) is 12.3. The number of rotatable bonds is 14. The minimum atomic E-state index is -1.86. The Kier molecular flexibility index (Phi) is 10.8. The zero-order valence-electron chi connectivity index (χ0n) is 22.7. The molecule has 0 aromatic carbocycles. The first-order valence-electron chi connectivity index (χ1n) is 13.7. The molecule has 194 valence electrons. The van der Waals surface area contributed by atoms with Crippen LogP contribution in [0, 0.1) is 17.3 Å². The molecule has 0 radical (unpaired) electrons. The molecule has 1 N–H and O–H groups in total. The number of hydrogen-bond acceptors (Lipinski definition) is 3. The lowest BCUT2D eigenvalue weighted by molar-refractivity contribution is -0.137. The van der Waals surface area contributed by atoms with Gasteiger partial charge in [-0.25, -0.2) is 0 Å². The van der Waals surface area contributed by atoms with Gasteiger partial charge in [0.05, 0.1) is 6.10 Å². The molecule has 5 heteroatoms. The Morgan fingerprint density at radius 2 is 1.94 bits per heavy atom. The molecular weight excluding hydrogens is 440 g/mol. The third-order valence-electron chi connectivity index (χ3n) is 8.73. The van der Waals surface area contributed by atoms with Crippen molar-refractivity contribution in [1.82, 2.24) is 0 Å². The Balaban J connectivity index is 2.02. The number of hydrogen-bond donors (Lipinski definition) is 1. The number of aliphatic carboxylic acids is 1. The van der Waals surface area contributed by atoms with E-state index >= 15 is 0 Å². The van der Waals surface area contributed by atoms with E-state index in [4.69, 9.17) is 9.53 Å². The van der Waals surface area contributed by atoms with Crippen molar-refractivity contribution in [1.29, 1.82) is 0 Å². The third kappa shape index (κ3) is 7.91. The topological polar surface area (TPSA) is 63.6 Å². The van der Waals surface area contributed by atoms with Crippen LogP contribution in [0.4, 0.5) is 0 Å². The van der Waals surface area contributed by atoms with Gasteiger partial charge in [0, 0.05) is 18.8 Å². The second kappa shape index (κ2) is 12.7. The molecule has 0 amide bonds. The summed E-state index contributed by atoms with van der Waals surface area (Å²) in [5.41, 5.74) is 0.332. The van der Waals surface area contributed by atoms with E-state index in [0.29, 0.717) is 30.0 Å². The highest BCUT2D eigenvalue weighted by Crippen LogP contribution is 2.52. The molecule has 0 aromatic rings. The van der Waals surface area contributed by atoms with Gasteiger partial charge in [-0.05, 0) is 80.8 Å². The van der Waals surface area contributed by atoms with E-state index in [1.165, 1.54) is 32.1 Å². The van der Waals surface area contributed by atoms with E-state index in [2.05, 4.69) is 59.0 Å². The lowest BCUT2D eigenvalue weighted by Gasteiger charge is -2.51. The van der Waals surface area contributed by atoms with Crippen molar-refractivity contribution in [2.75, 3.05) is 0 Å². The molecule has 2 aliphatic carbocycles. The standard InChI is InChI=1S/C29H50O4Si/c1-7-20-29(21-13-22-29)26(33-34(5,6)28(2,3)4)16-12-14-23-18-19-25(30)24(23)15-10-8-9-11-17-27(31)32/h8,10,12,14,23-24,26H,7,9,11,13,15-22H2,1-6H3,(H,31,32)/b10-8-,14-12+/t23-,24+,26?/m0/s1. The molecule has 0 aromatic heterocycles. The molecule has 2 aliphatic rings. The summed E-state index contributed by atoms with van der Waals surface area (Å²) < 4.78 is 7.06. The number of unbranched alkanes of at least 4 members (excludes halogenated alkanes) is 1. The molecule has 4 nitrogen and oxygen atoms in total. The summed E-state index contributed by atoms with van der Waals surface area (Å²) in [4.78, 5) is 23.2. The molecule has 34 heavy (non-hydrogen) atoms. The maximum Gasteiger partial charge on any atom is 0.303 e. The number of carboxylic acid groups (broad SMARTS) is 1. The molecule has 3 atom stereocenters. The van der Waals surface area contributed by atoms with Crippen LogP contribution in [-0.4, -0.2) is 31.3 Å². The molecule has 2 rings (SSSR count). The lowest BCUT2D eigenvalue weighted by atomic mass is 9.62. The SMILES string of the molecule is CCCC1(C(C/C=C/[C@H]2CCC(=O)[C@@H]2C/C=C\CCCC(=O)O)O[Si](C)(C)C(C)(C)C)CCC1. The average Bonchev–Trinajstić information content (AvgIpc) is 3.05. The number of carboxylic acids is 1. The highest BCUT2D eigenvalue weighted by Gasteiger charge is 2.48. The van der Waals surface area contributed by atoms with Gasteiger partial charge in [-0.15, -0.1) is 0 Å². The van der Waals surface area contributed by atoms with Crippen LogP contribution in [-0.2, 0) is 14.0 Å². The predicted molar refractivity (Wildman–Crippen MR) is 143 cm³/mol. The van der Waals surface area contributed by atoms with Crippen molar-refractivity contribution in [3.8, 4) is 0 Å². The van der Waals surface area contributed by atoms with E-state index in [1.807, 2.05) is 6.08 Å². The Labute approximate surface area is 209 Å². The largest absolute Gasteiger partial charge is 0.481 e. The van der Waals surface area contributed by atoms with Crippen LogP contribution in [0.15, 0.2) is 24.3 Å². The molecule has 0 heterocycles. The Hall–Kier alpha value is -1.20. The summed E-state index contributed by atoms with van der Waals surface area (Å²) >= 11 is 0. The van der Waals surface area contributed by atoms with Crippen molar-refractivity contribution < 1.29 is 19.1 Å². The summed E-state index contributed by atoms with van der Waals surface area (Å²) in [5, 5.41) is 8.95. The quantitative estimate of drug-likeness (QED) is 0.152. The third-order valence-corrected chi connectivity index (χ3v) is 13.2. The lowest BCUT2D eigenvalue weighted by Crippen LogP contribution is -2.51. The van der Waals surface area contributed by atoms with Gasteiger partial charge in [-0.3, -0.25) is 9.59 Å². The number of carbonyl (C=O) groups is 2. The van der Waals surface area contributed by atoms with Gasteiger partial charge in [-0.2, -0.15) is 0 Å². The van der Waals surface area contributed by atoms with E-state index in [-0.39, 0.29) is 23.5 Å². The molecule has 2 saturated carbocycles. The van der Waals surface area contributed by atoms with Crippen molar-refractivity contribution in [2.24, 2.45) is 17.3 Å². The summed E-state index contributed by atoms with van der Waals surface area (Å²) in [7, 11) is -1.86. The summed E-state index contributed by atoms with van der Waals surface area (Å²) in [6, 6.07) is 0. The van der Waals surface area contributed by atoms with Crippen LogP contribution in [0.3, 0.4) is 0 Å². The first-order chi connectivity index (χ1) is 15.9.